The first-order valence-electron chi connectivity index (χ1n) is 9.21. The lowest BCUT2D eigenvalue weighted by Crippen LogP contribution is -2.15. The third kappa shape index (κ3) is 4.82. The van der Waals surface area contributed by atoms with Crippen molar-refractivity contribution in [2.24, 2.45) is 0 Å². The van der Waals surface area contributed by atoms with E-state index in [4.69, 9.17) is 21.1 Å². The maximum atomic E-state index is 14.6. The van der Waals surface area contributed by atoms with Crippen LogP contribution in [0.15, 0.2) is 54.9 Å². The van der Waals surface area contributed by atoms with Crippen molar-refractivity contribution in [2.75, 3.05) is 12.4 Å². The Kier molecular flexibility index (Phi) is 6.52. The molecule has 4 aromatic rings. The number of pyridine rings is 2. The Bertz CT molecular complexity index is 1250. The number of hydrogen-bond acceptors (Lipinski definition) is 8. The number of ether oxygens (including phenoxy) is 2. The molecular formula is C21H15ClFN5O3S. The van der Waals surface area contributed by atoms with E-state index >= 15 is 0 Å². The highest BCUT2D eigenvalue weighted by Gasteiger charge is 2.21. The van der Waals surface area contributed by atoms with Gasteiger partial charge in [0, 0.05) is 18.0 Å². The first kappa shape index (κ1) is 21.6. The Morgan fingerprint density at radius 2 is 2.03 bits per heavy atom. The number of nitrogens with one attached hydrogen (secondary N) is 1. The summed E-state index contributed by atoms with van der Waals surface area (Å²) in [5.41, 5.74) is 1.10. The standard InChI is InChI=1S/C21H15ClFN5O3S/c1-30-16-6-2-5-15(23)17(16)14-4-3-9-24-18(14)19(29)26-20-27-28-21(32-20)31-11-13-8-7-12(22)10-25-13/h2-10H,11H2,1H3,(H,26,27,29). The highest BCUT2D eigenvalue weighted by atomic mass is 35.5. The van der Waals surface area contributed by atoms with Gasteiger partial charge in [0.15, 0.2) is 0 Å². The van der Waals surface area contributed by atoms with Crippen molar-refractivity contribution in [3.63, 3.8) is 0 Å². The number of rotatable bonds is 7. The fourth-order valence-electron chi connectivity index (χ4n) is 2.83. The topological polar surface area (TPSA) is 99.1 Å². The molecule has 8 nitrogen and oxygen atoms in total. The van der Waals surface area contributed by atoms with Crippen LogP contribution in [0.4, 0.5) is 9.52 Å². The summed E-state index contributed by atoms with van der Waals surface area (Å²) in [7, 11) is 1.43. The summed E-state index contributed by atoms with van der Waals surface area (Å²) in [4.78, 5) is 21.1. The van der Waals surface area contributed by atoms with Gasteiger partial charge >= 0.3 is 0 Å². The van der Waals surface area contributed by atoms with Crippen molar-refractivity contribution < 1.29 is 18.7 Å². The van der Waals surface area contributed by atoms with Crippen LogP contribution < -0.4 is 14.8 Å². The first-order chi connectivity index (χ1) is 15.5. The largest absolute Gasteiger partial charge is 0.496 e. The Hall–Kier alpha value is -3.63. The quantitative estimate of drug-likeness (QED) is 0.419. The van der Waals surface area contributed by atoms with Gasteiger partial charge in [0.1, 0.15) is 23.9 Å². The number of carbonyl (C=O) groups is 1. The van der Waals surface area contributed by atoms with Crippen molar-refractivity contribution in [1.29, 1.82) is 0 Å². The molecule has 4 rings (SSSR count). The highest BCUT2D eigenvalue weighted by Crippen LogP contribution is 2.34. The smallest absolute Gasteiger partial charge is 0.296 e. The zero-order valence-corrected chi connectivity index (χ0v) is 18.2. The molecular weight excluding hydrogens is 457 g/mol. The van der Waals surface area contributed by atoms with Gasteiger partial charge in [-0.1, -0.05) is 28.8 Å². The van der Waals surface area contributed by atoms with Crippen molar-refractivity contribution >= 4 is 34.0 Å². The number of anilines is 1. The van der Waals surface area contributed by atoms with Gasteiger partial charge < -0.3 is 9.47 Å². The second kappa shape index (κ2) is 9.67. The third-order valence-corrected chi connectivity index (χ3v) is 5.22. The van der Waals surface area contributed by atoms with Crippen molar-refractivity contribution in [3.05, 3.63) is 77.1 Å². The molecule has 0 fully saturated rings. The molecule has 11 heteroatoms. The maximum absolute atomic E-state index is 14.6. The van der Waals surface area contributed by atoms with Gasteiger partial charge in [-0.2, -0.15) is 0 Å². The average molecular weight is 472 g/mol. The van der Waals surface area contributed by atoms with E-state index in [1.165, 1.54) is 31.6 Å². The summed E-state index contributed by atoms with van der Waals surface area (Å²) in [6.45, 7) is 0.164. The summed E-state index contributed by atoms with van der Waals surface area (Å²) >= 11 is 6.84. The number of carbonyl (C=O) groups excluding carboxylic acids is 1. The van der Waals surface area contributed by atoms with Crippen LogP contribution in [0.2, 0.25) is 5.02 Å². The van der Waals surface area contributed by atoms with Crippen molar-refractivity contribution in [3.8, 4) is 22.1 Å². The number of aromatic nitrogens is 4. The van der Waals surface area contributed by atoms with Crippen LogP contribution in [-0.2, 0) is 6.61 Å². The lowest BCUT2D eigenvalue weighted by atomic mass is 10.0. The monoisotopic (exact) mass is 471 g/mol. The van der Waals surface area contributed by atoms with E-state index in [0.29, 0.717) is 10.7 Å². The van der Waals surface area contributed by atoms with Crippen LogP contribution in [0.5, 0.6) is 10.9 Å². The number of hydrogen-bond donors (Lipinski definition) is 1. The second-order valence-corrected chi connectivity index (χ2v) is 7.68. The fraction of sp³-hybridized carbons (Fsp3) is 0.0952. The Balaban J connectivity index is 1.51. The molecule has 1 N–H and O–H groups in total. The Morgan fingerprint density at radius 1 is 1.16 bits per heavy atom. The molecule has 0 spiro atoms. The molecule has 0 radical (unpaired) electrons. The predicted molar refractivity (Wildman–Crippen MR) is 118 cm³/mol. The molecule has 1 amide bonds. The first-order valence-corrected chi connectivity index (χ1v) is 10.4. The zero-order valence-electron chi connectivity index (χ0n) is 16.6. The van der Waals surface area contributed by atoms with Crippen LogP contribution in [0.1, 0.15) is 16.2 Å². The number of halogens is 2. The molecule has 32 heavy (non-hydrogen) atoms. The van der Waals surface area contributed by atoms with E-state index in [1.54, 1.807) is 30.3 Å². The minimum absolute atomic E-state index is 0.0129. The minimum Gasteiger partial charge on any atom is -0.496 e. The maximum Gasteiger partial charge on any atom is 0.296 e. The Morgan fingerprint density at radius 3 is 2.81 bits per heavy atom. The molecule has 0 atom stereocenters. The summed E-state index contributed by atoms with van der Waals surface area (Å²) in [5, 5.41) is 11.4. The molecule has 162 valence electrons. The van der Waals surface area contributed by atoms with Gasteiger partial charge in [0.25, 0.3) is 11.1 Å². The zero-order chi connectivity index (χ0) is 22.5. The van der Waals surface area contributed by atoms with Crippen LogP contribution in [0.25, 0.3) is 11.1 Å². The number of methoxy groups -OCH3 is 1. The molecule has 0 aliphatic heterocycles. The number of amides is 1. The molecule has 0 unspecified atom stereocenters. The average Bonchev–Trinajstić information content (AvgIpc) is 3.25. The molecule has 0 aliphatic carbocycles. The summed E-state index contributed by atoms with van der Waals surface area (Å²) in [6, 6.07) is 11.1. The molecule has 0 saturated carbocycles. The molecule has 0 saturated heterocycles. The molecule has 3 aromatic heterocycles. The van der Waals surface area contributed by atoms with Gasteiger partial charge in [-0.15, -0.1) is 5.10 Å². The normalized spacial score (nSPS) is 10.6. The van der Waals surface area contributed by atoms with E-state index < -0.39 is 11.7 Å². The van der Waals surface area contributed by atoms with E-state index in [-0.39, 0.29) is 39.5 Å². The van der Waals surface area contributed by atoms with Gasteiger partial charge in [0.2, 0.25) is 5.13 Å². The number of benzene rings is 1. The van der Waals surface area contributed by atoms with Crippen molar-refractivity contribution in [1.82, 2.24) is 20.2 Å². The van der Waals surface area contributed by atoms with Gasteiger partial charge in [-0.25, -0.2) is 4.39 Å². The minimum atomic E-state index is -0.576. The molecule has 0 aliphatic rings. The summed E-state index contributed by atoms with van der Waals surface area (Å²) in [6.07, 6.45) is 2.96. The summed E-state index contributed by atoms with van der Waals surface area (Å²) < 4.78 is 25.4. The van der Waals surface area contributed by atoms with Crippen LogP contribution >= 0.6 is 22.9 Å². The molecule has 0 bridgehead atoms. The van der Waals surface area contributed by atoms with E-state index in [1.807, 2.05) is 0 Å². The fourth-order valence-corrected chi connectivity index (χ4v) is 3.53. The highest BCUT2D eigenvalue weighted by molar-refractivity contribution is 7.17. The number of nitrogens with zero attached hydrogens (tertiary/aromatic N) is 4. The third-order valence-electron chi connectivity index (χ3n) is 4.25. The van der Waals surface area contributed by atoms with Crippen LogP contribution in [0, 0.1) is 5.82 Å². The van der Waals surface area contributed by atoms with Crippen LogP contribution in [0.3, 0.4) is 0 Å². The van der Waals surface area contributed by atoms with Gasteiger partial charge in [-0.05, 0) is 41.7 Å². The molecule has 1 aromatic carbocycles. The van der Waals surface area contributed by atoms with Gasteiger partial charge in [-0.3, -0.25) is 20.1 Å². The lowest BCUT2D eigenvalue weighted by molar-refractivity contribution is 0.102. The van der Waals surface area contributed by atoms with E-state index in [0.717, 1.165) is 11.3 Å². The lowest BCUT2D eigenvalue weighted by Gasteiger charge is -2.12. The van der Waals surface area contributed by atoms with Crippen molar-refractivity contribution in [2.45, 2.75) is 6.61 Å². The molecule has 3 heterocycles. The summed E-state index contributed by atoms with van der Waals surface area (Å²) in [5.74, 6) is -0.823. The van der Waals surface area contributed by atoms with Gasteiger partial charge in [0.05, 0.1) is 23.4 Å². The van der Waals surface area contributed by atoms with Crippen LogP contribution in [-0.4, -0.2) is 33.2 Å². The second-order valence-electron chi connectivity index (χ2n) is 6.30. The van der Waals surface area contributed by atoms with E-state index in [2.05, 4.69) is 25.5 Å². The SMILES string of the molecule is COc1cccc(F)c1-c1cccnc1C(=O)Nc1nnc(OCc2ccc(Cl)cn2)s1. The predicted octanol–water partition coefficient (Wildman–Crippen LogP) is 4.63. The Labute approximate surface area is 191 Å². The van der Waals surface area contributed by atoms with E-state index in [9.17, 15) is 9.18 Å².